The zero-order valence-corrected chi connectivity index (χ0v) is 11.2. The van der Waals surface area contributed by atoms with E-state index in [0.717, 1.165) is 5.69 Å². The molecule has 104 valence electrons. The molecule has 0 spiro atoms. The molecule has 3 N–H and O–H groups in total. The number of hydrogen-bond donors (Lipinski definition) is 2. The highest BCUT2D eigenvalue weighted by atomic mass is 16.5. The molecule has 1 aromatic carbocycles. The lowest BCUT2D eigenvalue weighted by Crippen LogP contribution is -2.28. The molecule has 1 amide bonds. The van der Waals surface area contributed by atoms with E-state index in [0.29, 0.717) is 23.8 Å². The molecule has 20 heavy (non-hydrogen) atoms. The maximum Gasteiger partial charge on any atom is 0.258 e. The highest BCUT2D eigenvalue weighted by Crippen LogP contribution is 2.12. The van der Waals surface area contributed by atoms with Gasteiger partial charge in [0.25, 0.3) is 5.91 Å². The minimum atomic E-state index is -0.210. The number of hydrogen-bond acceptors (Lipinski definition) is 5. The molecule has 1 aromatic heterocycles. The Kier molecular flexibility index (Phi) is 4.49. The fraction of sp³-hybridized carbons (Fsp3) is 0.214. The van der Waals surface area contributed by atoms with Gasteiger partial charge >= 0.3 is 0 Å². The number of nitrogens with zero attached hydrogens (tertiary/aromatic N) is 2. The molecule has 2 rings (SSSR count). The van der Waals surface area contributed by atoms with Gasteiger partial charge in [-0.05, 0) is 37.3 Å². The number of anilines is 1. The minimum Gasteiger partial charge on any atom is -0.484 e. The molecule has 1 heterocycles. The van der Waals surface area contributed by atoms with Gasteiger partial charge in [0, 0.05) is 11.9 Å². The fourth-order valence-corrected chi connectivity index (χ4v) is 1.56. The average Bonchev–Trinajstić information content (AvgIpc) is 2.45. The summed E-state index contributed by atoms with van der Waals surface area (Å²) in [5, 5.41) is 2.73. The molecule has 0 aliphatic heterocycles. The maximum atomic E-state index is 11.6. The molecule has 2 aromatic rings. The maximum absolute atomic E-state index is 11.6. The molecule has 0 saturated carbocycles. The first-order valence-electron chi connectivity index (χ1n) is 6.17. The topological polar surface area (TPSA) is 90.1 Å². The van der Waals surface area contributed by atoms with Crippen molar-refractivity contribution in [3.05, 3.63) is 48.0 Å². The zero-order chi connectivity index (χ0) is 14.4. The van der Waals surface area contributed by atoms with Crippen LogP contribution in [0, 0.1) is 6.92 Å². The molecule has 0 atom stereocenters. The molecule has 0 radical (unpaired) electrons. The molecule has 0 saturated heterocycles. The first kappa shape index (κ1) is 13.8. The molecule has 6 nitrogen and oxygen atoms in total. The molecule has 0 unspecified atom stereocenters. The van der Waals surface area contributed by atoms with Crippen molar-refractivity contribution in [1.82, 2.24) is 15.3 Å². The summed E-state index contributed by atoms with van der Waals surface area (Å²) in [6, 6.07) is 8.63. The number of nitrogens with two attached hydrogens (primary N) is 1. The van der Waals surface area contributed by atoms with E-state index in [9.17, 15) is 4.79 Å². The van der Waals surface area contributed by atoms with Gasteiger partial charge in [-0.3, -0.25) is 4.79 Å². The number of aromatic nitrogens is 2. The van der Waals surface area contributed by atoms with E-state index < -0.39 is 0 Å². The number of nitrogens with one attached hydrogen (secondary N) is 1. The summed E-state index contributed by atoms with van der Waals surface area (Å²) < 4.78 is 5.33. The largest absolute Gasteiger partial charge is 0.484 e. The van der Waals surface area contributed by atoms with Gasteiger partial charge in [0.2, 0.25) is 0 Å². The lowest BCUT2D eigenvalue weighted by atomic mass is 10.3. The predicted octanol–water partition coefficient (Wildman–Crippen LogP) is 1.06. The highest BCUT2D eigenvalue weighted by Gasteiger charge is 2.03. The monoisotopic (exact) mass is 272 g/mol. The van der Waals surface area contributed by atoms with Gasteiger partial charge in [0.15, 0.2) is 6.61 Å². The average molecular weight is 272 g/mol. The zero-order valence-electron chi connectivity index (χ0n) is 11.2. The van der Waals surface area contributed by atoms with Gasteiger partial charge < -0.3 is 15.8 Å². The summed E-state index contributed by atoms with van der Waals surface area (Å²) >= 11 is 0. The van der Waals surface area contributed by atoms with Gasteiger partial charge in [-0.1, -0.05) is 0 Å². The third kappa shape index (κ3) is 4.24. The standard InChI is InChI=1S/C14H16N4O2/c1-10-16-7-6-12(18-10)8-17-14(19)9-20-13-4-2-11(15)3-5-13/h2-7H,8-9,15H2,1H3,(H,17,19). The predicted molar refractivity (Wildman–Crippen MR) is 75.0 cm³/mol. The van der Waals surface area contributed by atoms with Crippen molar-refractivity contribution in [3.8, 4) is 5.75 Å². The summed E-state index contributed by atoms with van der Waals surface area (Å²) in [5.74, 6) is 1.07. The van der Waals surface area contributed by atoms with Crippen LogP contribution in [0.2, 0.25) is 0 Å². The van der Waals surface area contributed by atoms with Gasteiger partial charge in [0.1, 0.15) is 11.6 Å². The fourth-order valence-electron chi connectivity index (χ4n) is 1.56. The van der Waals surface area contributed by atoms with Crippen molar-refractivity contribution in [2.24, 2.45) is 0 Å². The molecular weight excluding hydrogens is 256 g/mol. The Labute approximate surface area is 117 Å². The first-order chi connectivity index (χ1) is 9.63. The van der Waals surface area contributed by atoms with E-state index in [4.69, 9.17) is 10.5 Å². The number of carbonyl (C=O) groups is 1. The highest BCUT2D eigenvalue weighted by molar-refractivity contribution is 5.77. The molecule has 0 fully saturated rings. The van der Waals surface area contributed by atoms with E-state index in [1.165, 1.54) is 0 Å². The van der Waals surface area contributed by atoms with E-state index in [1.807, 2.05) is 0 Å². The Morgan fingerprint density at radius 3 is 2.75 bits per heavy atom. The number of benzene rings is 1. The van der Waals surface area contributed by atoms with Crippen LogP contribution in [-0.2, 0) is 11.3 Å². The van der Waals surface area contributed by atoms with Gasteiger partial charge in [-0.15, -0.1) is 0 Å². The number of nitrogen functional groups attached to an aromatic ring is 1. The van der Waals surface area contributed by atoms with Crippen molar-refractivity contribution in [2.45, 2.75) is 13.5 Å². The number of aryl methyl sites for hydroxylation is 1. The Balaban J connectivity index is 1.77. The van der Waals surface area contributed by atoms with Crippen LogP contribution in [-0.4, -0.2) is 22.5 Å². The van der Waals surface area contributed by atoms with Crippen LogP contribution in [0.1, 0.15) is 11.5 Å². The first-order valence-corrected chi connectivity index (χ1v) is 6.17. The van der Waals surface area contributed by atoms with Crippen LogP contribution in [0.4, 0.5) is 5.69 Å². The second-order valence-electron chi connectivity index (χ2n) is 4.23. The number of amides is 1. The van der Waals surface area contributed by atoms with E-state index >= 15 is 0 Å². The van der Waals surface area contributed by atoms with E-state index in [1.54, 1.807) is 43.5 Å². The normalized spacial score (nSPS) is 10.1. The van der Waals surface area contributed by atoms with Gasteiger partial charge in [-0.25, -0.2) is 9.97 Å². The van der Waals surface area contributed by atoms with Crippen LogP contribution in [0.15, 0.2) is 36.5 Å². The smallest absolute Gasteiger partial charge is 0.258 e. The molecule has 6 heteroatoms. The summed E-state index contributed by atoms with van der Waals surface area (Å²) in [7, 11) is 0. The second kappa shape index (κ2) is 6.51. The lowest BCUT2D eigenvalue weighted by Gasteiger charge is -2.07. The van der Waals surface area contributed by atoms with Gasteiger partial charge in [-0.2, -0.15) is 0 Å². The third-order valence-corrected chi connectivity index (χ3v) is 2.55. The Morgan fingerprint density at radius 2 is 2.05 bits per heavy atom. The molecule has 0 bridgehead atoms. The Morgan fingerprint density at radius 1 is 1.30 bits per heavy atom. The third-order valence-electron chi connectivity index (χ3n) is 2.55. The van der Waals surface area contributed by atoms with Crippen molar-refractivity contribution >= 4 is 11.6 Å². The van der Waals surface area contributed by atoms with Crippen molar-refractivity contribution in [2.75, 3.05) is 12.3 Å². The van der Waals surface area contributed by atoms with Crippen molar-refractivity contribution < 1.29 is 9.53 Å². The van der Waals surface area contributed by atoms with Gasteiger partial charge in [0.05, 0.1) is 12.2 Å². The summed E-state index contributed by atoms with van der Waals surface area (Å²) in [6.07, 6.45) is 1.66. The van der Waals surface area contributed by atoms with Crippen molar-refractivity contribution in [3.63, 3.8) is 0 Å². The SMILES string of the molecule is Cc1nccc(CNC(=O)COc2ccc(N)cc2)n1. The summed E-state index contributed by atoms with van der Waals surface area (Å²) in [6.45, 7) is 2.11. The lowest BCUT2D eigenvalue weighted by molar-refractivity contribution is -0.123. The second-order valence-corrected chi connectivity index (χ2v) is 4.23. The Bertz CT molecular complexity index is 584. The molecule has 0 aliphatic rings. The van der Waals surface area contributed by atoms with Crippen LogP contribution in [0.25, 0.3) is 0 Å². The molecular formula is C14H16N4O2. The summed E-state index contributed by atoms with van der Waals surface area (Å²) in [5.41, 5.74) is 6.98. The molecule has 0 aliphatic carbocycles. The number of ether oxygens (including phenoxy) is 1. The Hall–Kier alpha value is -2.63. The van der Waals surface area contributed by atoms with Crippen LogP contribution in [0.3, 0.4) is 0 Å². The number of rotatable bonds is 5. The van der Waals surface area contributed by atoms with E-state index in [2.05, 4.69) is 15.3 Å². The van der Waals surface area contributed by atoms with Crippen LogP contribution in [0.5, 0.6) is 5.75 Å². The van der Waals surface area contributed by atoms with Crippen molar-refractivity contribution in [1.29, 1.82) is 0 Å². The van der Waals surface area contributed by atoms with E-state index in [-0.39, 0.29) is 12.5 Å². The quantitative estimate of drug-likeness (QED) is 0.794. The minimum absolute atomic E-state index is 0.0476. The van der Waals surface area contributed by atoms with Crippen LogP contribution < -0.4 is 15.8 Å². The van der Waals surface area contributed by atoms with Crippen LogP contribution >= 0.6 is 0 Å². The number of carbonyl (C=O) groups excluding carboxylic acids is 1. The summed E-state index contributed by atoms with van der Waals surface area (Å²) in [4.78, 5) is 19.8.